The second-order valence-corrected chi connectivity index (χ2v) is 7.91. The maximum absolute atomic E-state index is 12.2. The number of aromatic nitrogens is 2. The maximum atomic E-state index is 12.2. The van der Waals surface area contributed by atoms with Gasteiger partial charge in [-0.05, 0) is 43.7 Å². The van der Waals surface area contributed by atoms with Crippen molar-refractivity contribution in [3.8, 4) is 0 Å². The molecule has 0 bridgehead atoms. The first-order valence-electron chi connectivity index (χ1n) is 8.03. The van der Waals surface area contributed by atoms with Gasteiger partial charge in [-0.2, -0.15) is 0 Å². The van der Waals surface area contributed by atoms with E-state index in [1.807, 2.05) is 13.8 Å². The summed E-state index contributed by atoms with van der Waals surface area (Å²) in [5, 5.41) is 4.12. The number of carbonyl (C=O) groups excluding carboxylic acids is 2. The lowest BCUT2D eigenvalue weighted by molar-refractivity contribution is -0.113. The molecule has 9 heteroatoms. The van der Waals surface area contributed by atoms with E-state index in [1.54, 1.807) is 35.6 Å². The van der Waals surface area contributed by atoms with Crippen molar-refractivity contribution in [1.82, 2.24) is 9.97 Å². The lowest BCUT2D eigenvalue weighted by Gasteiger charge is -2.06. The molecule has 0 unspecified atom stereocenters. The average Bonchev–Trinajstić information content (AvgIpc) is 2.94. The number of aryl methyl sites for hydroxylation is 2. The summed E-state index contributed by atoms with van der Waals surface area (Å²) in [5.74, 6) is -0.0464. The number of methoxy groups -OCH3 is 1. The van der Waals surface area contributed by atoms with Crippen LogP contribution in [0.2, 0.25) is 0 Å². The molecule has 140 valence electrons. The minimum absolute atomic E-state index is 0.146. The van der Waals surface area contributed by atoms with Gasteiger partial charge in [0.25, 0.3) is 0 Å². The Balaban J connectivity index is 1.64. The van der Waals surface area contributed by atoms with Crippen LogP contribution in [-0.4, -0.2) is 34.7 Å². The molecule has 0 fully saturated rings. The molecule has 27 heavy (non-hydrogen) atoms. The fraction of sp³-hybridized carbons (Fsp3) is 0.222. The van der Waals surface area contributed by atoms with E-state index in [0.29, 0.717) is 22.2 Å². The molecule has 3 N–H and O–H groups in total. The maximum Gasteiger partial charge on any atom is 0.337 e. The molecule has 2 aromatic heterocycles. The third-order valence-electron chi connectivity index (χ3n) is 3.96. The Morgan fingerprint density at radius 3 is 2.59 bits per heavy atom. The molecule has 0 aliphatic carbocycles. The normalized spacial score (nSPS) is 10.8. The second-order valence-electron chi connectivity index (χ2n) is 5.76. The molecular formula is C18H18N4O3S2. The van der Waals surface area contributed by atoms with Crippen LogP contribution in [0.4, 0.5) is 11.5 Å². The molecular weight excluding hydrogens is 384 g/mol. The van der Waals surface area contributed by atoms with Gasteiger partial charge in [0, 0.05) is 10.6 Å². The van der Waals surface area contributed by atoms with Crippen molar-refractivity contribution in [1.29, 1.82) is 0 Å². The predicted octanol–water partition coefficient (Wildman–Crippen LogP) is 3.41. The van der Waals surface area contributed by atoms with Crippen LogP contribution in [0.15, 0.2) is 29.4 Å². The van der Waals surface area contributed by atoms with Gasteiger partial charge < -0.3 is 15.8 Å². The van der Waals surface area contributed by atoms with Crippen molar-refractivity contribution in [3.63, 3.8) is 0 Å². The third-order valence-corrected chi connectivity index (χ3v) is 5.91. The van der Waals surface area contributed by atoms with Gasteiger partial charge in [0.05, 0.1) is 23.8 Å². The predicted molar refractivity (Wildman–Crippen MR) is 108 cm³/mol. The van der Waals surface area contributed by atoms with Crippen molar-refractivity contribution in [2.24, 2.45) is 0 Å². The molecule has 0 aliphatic heterocycles. The van der Waals surface area contributed by atoms with Crippen molar-refractivity contribution >= 4 is 56.7 Å². The van der Waals surface area contributed by atoms with Crippen LogP contribution in [0.1, 0.15) is 20.8 Å². The smallest absolute Gasteiger partial charge is 0.337 e. The topological polar surface area (TPSA) is 107 Å². The van der Waals surface area contributed by atoms with Gasteiger partial charge in [0.15, 0.2) is 5.16 Å². The van der Waals surface area contributed by atoms with Crippen molar-refractivity contribution in [2.75, 3.05) is 23.9 Å². The largest absolute Gasteiger partial charge is 0.465 e. The van der Waals surface area contributed by atoms with Crippen LogP contribution in [0, 0.1) is 13.8 Å². The standard InChI is InChI=1S/C18H18N4O3S2/c1-9-10(2)27-16-14(9)15(19)21-18(22-16)26-8-13(23)20-12-6-4-11(5-7-12)17(24)25-3/h4-7H,8H2,1-3H3,(H,20,23)(H2,19,21,22). The number of thioether (sulfide) groups is 1. The molecule has 1 aromatic carbocycles. The number of hydrogen-bond donors (Lipinski definition) is 2. The number of nitrogen functional groups attached to an aromatic ring is 1. The molecule has 0 spiro atoms. The van der Waals surface area contributed by atoms with E-state index >= 15 is 0 Å². The van der Waals surface area contributed by atoms with E-state index in [4.69, 9.17) is 5.73 Å². The molecule has 0 saturated carbocycles. The minimum atomic E-state index is -0.424. The number of ether oxygens (including phenoxy) is 1. The SMILES string of the molecule is COC(=O)c1ccc(NC(=O)CSc2nc(N)c3c(C)c(C)sc3n2)cc1. The summed E-state index contributed by atoms with van der Waals surface area (Å²) in [6, 6.07) is 6.47. The van der Waals surface area contributed by atoms with Gasteiger partial charge >= 0.3 is 5.97 Å². The number of rotatable bonds is 5. The van der Waals surface area contributed by atoms with Gasteiger partial charge in [-0.25, -0.2) is 14.8 Å². The number of carbonyl (C=O) groups is 2. The van der Waals surface area contributed by atoms with Crippen LogP contribution in [0.3, 0.4) is 0 Å². The number of amides is 1. The number of benzene rings is 1. The van der Waals surface area contributed by atoms with Gasteiger partial charge in [-0.15, -0.1) is 11.3 Å². The number of nitrogens with one attached hydrogen (secondary N) is 1. The molecule has 0 radical (unpaired) electrons. The highest BCUT2D eigenvalue weighted by Crippen LogP contribution is 2.33. The number of nitrogens with two attached hydrogens (primary N) is 1. The Hall–Kier alpha value is -2.65. The zero-order valence-corrected chi connectivity index (χ0v) is 16.7. The van der Waals surface area contributed by atoms with Crippen LogP contribution in [0.5, 0.6) is 0 Å². The molecule has 3 rings (SSSR count). The fourth-order valence-electron chi connectivity index (χ4n) is 2.46. The Kier molecular flexibility index (Phi) is 5.62. The van der Waals surface area contributed by atoms with Gasteiger partial charge in [-0.3, -0.25) is 4.79 Å². The first-order chi connectivity index (χ1) is 12.9. The van der Waals surface area contributed by atoms with Gasteiger partial charge in [0.1, 0.15) is 10.6 Å². The summed E-state index contributed by atoms with van der Waals surface area (Å²) < 4.78 is 4.64. The van der Waals surface area contributed by atoms with Gasteiger partial charge in [-0.1, -0.05) is 11.8 Å². The van der Waals surface area contributed by atoms with E-state index in [-0.39, 0.29) is 11.7 Å². The third kappa shape index (κ3) is 4.20. The molecule has 0 saturated heterocycles. The Labute approximate surface area is 164 Å². The summed E-state index contributed by atoms with van der Waals surface area (Å²) in [6.45, 7) is 4.02. The van der Waals surface area contributed by atoms with Crippen LogP contribution >= 0.6 is 23.1 Å². The molecule has 2 heterocycles. The van der Waals surface area contributed by atoms with E-state index in [9.17, 15) is 9.59 Å². The monoisotopic (exact) mass is 402 g/mol. The Bertz CT molecular complexity index is 1020. The molecule has 1 amide bonds. The minimum Gasteiger partial charge on any atom is -0.465 e. The average molecular weight is 403 g/mol. The molecule has 0 atom stereocenters. The fourth-order valence-corrected chi connectivity index (χ4v) is 4.21. The highest BCUT2D eigenvalue weighted by Gasteiger charge is 2.14. The quantitative estimate of drug-likeness (QED) is 0.382. The first kappa shape index (κ1) is 19.1. The second kappa shape index (κ2) is 7.93. The highest BCUT2D eigenvalue weighted by atomic mass is 32.2. The summed E-state index contributed by atoms with van der Waals surface area (Å²) in [4.78, 5) is 34.4. The number of hydrogen-bond acceptors (Lipinski definition) is 8. The zero-order chi connectivity index (χ0) is 19.6. The van der Waals surface area contributed by atoms with Crippen molar-refractivity contribution in [3.05, 3.63) is 40.3 Å². The first-order valence-corrected chi connectivity index (χ1v) is 9.83. The lowest BCUT2D eigenvalue weighted by atomic mass is 10.2. The van der Waals surface area contributed by atoms with E-state index in [1.165, 1.54) is 18.9 Å². The van der Waals surface area contributed by atoms with Crippen molar-refractivity contribution in [2.45, 2.75) is 19.0 Å². The van der Waals surface area contributed by atoms with E-state index in [0.717, 1.165) is 20.7 Å². The number of esters is 1. The van der Waals surface area contributed by atoms with Gasteiger partial charge in [0.2, 0.25) is 5.91 Å². The van der Waals surface area contributed by atoms with E-state index < -0.39 is 5.97 Å². The molecule has 0 aliphatic rings. The van der Waals surface area contributed by atoms with Crippen LogP contribution in [-0.2, 0) is 9.53 Å². The Morgan fingerprint density at radius 2 is 1.93 bits per heavy atom. The summed E-state index contributed by atoms with van der Waals surface area (Å²) in [6.07, 6.45) is 0. The number of fused-ring (bicyclic) bond motifs is 1. The summed E-state index contributed by atoms with van der Waals surface area (Å²) in [7, 11) is 1.32. The van der Waals surface area contributed by atoms with Crippen LogP contribution < -0.4 is 11.1 Å². The lowest BCUT2D eigenvalue weighted by Crippen LogP contribution is -2.14. The zero-order valence-electron chi connectivity index (χ0n) is 15.0. The van der Waals surface area contributed by atoms with Crippen molar-refractivity contribution < 1.29 is 14.3 Å². The highest BCUT2D eigenvalue weighted by molar-refractivity contribution is 7.99. The Morgan fingerprint density at radius 1 is 1.22 bits per heavy atom. The summed E-state index contributed by atoms with van der Waals surface area (Å²) in [5.41, 5.74) is 8.16. The molecule has 3 aromatic rings. The number of anilines is 2. The van der Waals surface area contributed by atoms with Crippen LogP contribution in [0.25, 0.3) is 10.2 Å². The van der Waals surface area contributed by atoms with E-state index in [2.05, 4.69) is 20.0 Å². The summed E-state index contributed by atoms with van der Waals surface area (Å²) >= 11 is 2.79. The number of thiophene rings is 1. The molecule has 7 nitrogen and oxygen atoms in total. The number of nitrogens with zero attached hydrogens (tertiary/aromatic N) is 2.